The molecule has 0 heterocycles. The molecule has 0 aromatic heterocycles. The highest BCUT2D eigenvalue weighted by atomic mass is 16.5. The molecule has 0 saturated heterocycles. The molecule has 0 spiro atoms. The molecule has 0 saturated carbocycles. The number of unbranched alkanes of at least 4 members (excludes halogenated alkanes) is 1. The van der Waals surface area contributed by atoms with Crippen LogP contribution in [0.1, 0.15) is 30.9 Å². The lowest BCUT2D eigenvalue weighted by molar-refractivity contribution is -0.130. The molecule has 0 aliphatic carbocycles. The Hall–Kier alpha value is -2.75. The summed E-state index contributed by atoms with van der Waals surface area (Å²) in [5.74, 6) is -0.374. The summed E-state index contributed by atoms with van der Waals surface area (Å²) in [6, 6.07) is 13.5. The lowest BCUT2D eigenvalue weighted by Crippen LogP contribution is -2.01. The van der Waals surface area contributed by atoms with Crippen LogP contribution in [0.5, 0.6) is 11.5 Å². The van der Waals surface area contributed by atoms with Gasteiger partial charge in [-0.05, 0) is 36.3 Å². The van der Waals surface area contributed by atoms with E-state index in [9.17, 15) is 15.0 Å². The van der Waals surface area contributed by atoms with E-state index in [1.54, 1.807) is 18.2 Å². The number of carboxylic acid groups (broad SMARTS) is 1. The molecule has 120 valence electrons. The highest BCUT2D eigenvalue weighted by Crippen LogP contribution is 2.26. The second-order valence-electron chi connectivity index (χ2n) is 5.15. The van der Waals surface area contributed by atoms with Gasteiger partial charge in [0.1, 0.15) is 11.5 Å². The number of phenolic OH excluding ortho intramolecular Hbond substituents is 1. The van der Waals surface area contributed by atoms with Crippen LogP contribution in [0.2, 0.25) is 0 Å². The van der Waals surface area contributed by atoms with Gasteiger partial charge in [0.25, 0.3) is 0 Å². The van der Waals surface area contributed by atoms with Crippen molar-refractivity contribution in [2.75, 3.05) is 6.61 Å². The number of carbonyl (C=O) groups is 1. The van der Waals surface area contributed by atoms with Crippen LogP contribution in [0.15, 0.2) is 48.5 Å². The fourth-order valence-corrected chi connectivity index (χ4v) is 2.16. The maximum atomic E-state index is 11.6. The standard InChI is InChI=1S/C19H20O4/c1-2-3-11-23-18-10-5-4-7-15(18)13-17(19(21)22)14-8-6-9-16(20)12-14/h4-10,12-13,20H,2-3,11H2,1H3,(H,21,22)/b17-13-. The second-order valence-corrected chi connectivity index (χ2v) is 5.15. The van der Waals surface area contributed by atoms with Crippen LogP contribution >= 0.6 is 0 Å². The Morgan fingerprint density at radius 2 is 1.96 bits per heavy atom. The number of para-hydroxylation sites is 1. The summed E-state index contributed by atoms with van der Waals surface area (Å²) in [6.07, 6.45) is 3.54. The maximum absolute atomic E-state index is 11.6. The molecule has 4 heteroatoms. The molecule has 0 amide bonds. The van der Waals surface area contributed by atoms with Crippen molar-refractivity contribution >= 4 is 17.6 Å². The Kier molecular flexibility index (Phi) is 5.80. The van der Waals surface area contributed by atoms with Gasteiger partial charge < -0.3 is 14.9 Å². The fourth-order valence-electron chi connectivity index (χ4n) is 2.16. The van der Waals surface area contributed by atoms with Crippen molar-refractivity contribution in [2.24, 2.45) is 0 Å². The van der Waals surface area contributed by atoms with Gasteiger partial charge in [0, 0.05) is 5.56 Å². The molecular formula is C19H20O4. The van der Waals surface area contributed by atoms with Crippen LogP contribution in [0, 0.1) is 0 Å². The van der Waals surface area contributed by atoms with Crippen LogP contribution < -0.4 is 4.74 Å². The zero-order chi connectivity index (χ0) is 16.7. The van der Waals surface area contributed by atoms with Crippen molar-refractivity contribution in [3.05, 3.63) is 59.7 Å². The third-order valence-corrected chi connectivity index (χ3v) is 3.36. The molecule has 2 aromatic carbocycles. The highest BCUT2D eigenvalue weighted by Gasteiger charge is 2.12. The van der Waals surface area contributed by atoms with Gasteiger partial charge in [0.15, 0.2) is 0 Å². The molecule has 0 bridgehead atoms. The summed E-state index contributed by atoms with van der Waals surface area (Å²) >= 11 is 0. The summed E-state index contributed by atoms with van der Waals surface area (Å²) in [5.41, 5.74) is 1.25. The second kappa shape index (κ2) is 8.03. The van der Waals surface area contributed by atoms with Gasteiger partial charge >= 0.3 is 5.97 Å². The molecule has 0 aliphatic rings. The SMILES string of the molecule is CCCCOc1ccccc1/C=C(\C(=O)O)c1cccc(O)c1. The Labute approximate surface area is 135 Å². The number of rotatable bonds is 7. The molecule has 23 heavy (non-hydrogen) atoms. The fraction of sp³-hybridized carbons (Fsp3) is 0.211. The van der Waals surface area contributed by atoms with Crippen molar-refractivity contribution in [1.29, 1.82) is 0 Å². The molecule has 2 aromatic rings. The van der Waals surface area contributed by atoms with E-state index >= 15 is 0 Å². The number of benzene rings is 2. The van der Waals surface area contributed by atoms with Gasteiger partial charge in [-0.1, -0.05) is 43.7 Å². The zero-order valence-electron chi connectivity index (χ0n) is 13.0. The van der Waals surface area contributed by atoms with Gasteiger partial charge in [-0.2, -0.15) is 0 Å². The van der Waals surface area contributed by atoms with Crippen molar-refractivity contribution < 1.29 is 19.7 Å². The molecule has 0 atom stereocenters. The number of aromatic hydroxyl groups is 1. The van der Waals surface area contributed by atoms with E-state index in [4.69, 9.17) is 4.74 Å². The van der Waals surface area contributed by atoms with Crippen molar-refractivity contribution in [1.82, 2.24) is 0 Å². The molecule has 2 N–H and O–H groups in total. The van der Waals surface area contributed by atoms with Crippen molar-refractivity contribution in [3.63, 3.8) is 0 Å². The highest BCUT2D eigenvalue weighted by molar-refractivity contribution is 6.20. The molecule has 0 unspecified atom stereocenters. The molecular weight excluding hydrogens is 292 g/mol. The number of carboxylic acids is 1. The lowest BCUT2D eigenvalue weighted by atomic mass is 10.0. The lowest BCUT2D eigenvalue weighted by Gasteiger charge is -2.10. The van der Waals surface area contributed by atoms with Crippen molar-refractivity contribution in [3.8, 4) is 11.5 Å². The van der Waals surface area contributed by atoms with Crippen molar-refractivity contribution in [2.45, 2.75) is 19.8 Å². The smallest absolute Gasteiger partial charge is 0.336 e. The minimum absolute atomic E-state index is 0.0298. The Morgan fingerprint density at radius 3 is 2.65 bits per heavy atom. The van der Waals surface area contributed by atoms with Crippen LogP contribution in [0.25, 0.3) is 11.6 Å². The van der Waals surface area contributed by atoms with Crippen LogP contribution in [0.4, 0.5) is 0 Å². The van der Waals surface area contributed by atoms with E-state index in [-0.39, 0.29) is 11.3 Å². The first kappa shape index (κ1) is 16.6. The summed E-state index contributed by atoms with van der Waals surface area (Å²) in [4.78, 5) is 11.6. The third-order valence-electron chi connectivity index (χ3n) is 3.36. The molecule has 0 aliphatic heterocycles. The van der Waals surface area contributed by atoms with E-state index in [1.165, 1.54) is 12.1 Å². The largest absolute Gasteiger partial charge is 0.508 e. The molecule has 2 rings (SSSR count). The van der Waals surface area contributed by atoms with Gasteiger partial charge in [-0.25, -0.2) is 4.79 Å². The predicted octanol–water partition coefficient (Wildman–Crippen LogP) is 4.20. The number of hydrogen-bond acceptors (Lipinski definition) is 3. The van der Waals surface area contributed by atoms with Crippen LogP contribution in [0.3, 0.4) is 0 Å². The first-order chi connectivity index (χ1) is 11.1. The number of aliphatic carboxylic acids is 1. The summed E-state index contributed by atoms with van der Waals surface area (Å²) in [6.45, 7) is 2.68. The van der Waals surface area contributed by atoms with E-state index < -0.39 is 5.97 Å². The molecule has 4 nitrogen and oxygen atoms in total. The average molecular weight is 312 g/mol. The quantitative estimate of drug-likeness (QED) is 0.457. The Balaban J connectivity index is 2.38. The van der Waals surface area contributed by atoms with E-state index in [1.807, 2.05) is 24.3 Å². The van der Waals surface area contributed by atoms with Gasteiger partial charge in [0.2, 0.25) is 0 Å². The number of hydrogen-bond donors (Lipinski definition) is 2. The van der Waals surface area contributed by atoms with E-state index in [0.29, 0.717) is 23.5 Å². The number of phenols is 1. The average Bonchev–Trinajstić information content (AvgIpc) is 2.53. The van der Waals surface area contributed by atoms with E-state index in [2.05, 4.69) is 6.92 Å². The normalized spacial score (nSPS) is 11.3. The molecule has 0 radical (unpaired) electrons. The first-order valence-corrected chi connectivity index (χ1v) is 7.58. The molecule has 0 fully saturated rings. The summed E-state index contributed by atoms with van der Waals surface area (Å²) in [5, 5.41) is 19.1. The zero-order valence-corrected chi connectivity index (χ0v) is 13.0. The summed E-state index contributed by atoms with van der Waals surface area (Å²) in [7, 11) is 0. The predicted molar refractivity (Wildman–Crippen MR) is 90.5 cm³/mol. The van der Waals surface area contributed by atoms with E-state index in [0.717, 1.165) is 12.8 Å². The third kappa shape index (κ3) is 4.61. The Bertz CT molecular complexity index is 704. The van der Waals surface area contributed by atoms with Crippen LogP contribution in [-0.4, -0.2) is 22.8 Å². The van der Waals surface area contributed by atoms with Crippen LogP contribution in [-0.2, 0) is 4.79 Å². The summed E-state index contributed by atoms with van der Waals surface area (Å²) < 4.78 is 5.73. The monoisotopic (exact) mass is 312 g/mol. The van der Waals surface area contributed by atoms with Gasteiger partial charge in [-0.15, -0.1) is 0 Å². The Morgan fingerprint density at radius 1 is 1.17 bits per heavy atom. The van der Waals surface area contributed by atoms with Gasteiger partial charge in [0.05, 0.1) is 12.2 Å². The first-order valence-electron chi connectivity index (χ1n) is 7.58. The minimum Gasteiger partial charge on any atom is -0.508 e. The topological polar surface area (TPSA) is 66.8 Å². The minimum atomic E-state index is -1.06. The number of ether oxygens (including phenoxy) is 1. The van der Waals surface area contributed by atoms with Gasteiger partial charge in [-0.3, -0.25) is 0 Å². The maximum Gasteiger partial charge on any atom is 0.336 e.